The number of para-hydroxylation sites is 1. The number of benzene rings is 2. The average molecular weight is 486 g/mol. The number of carbonyl (C=O) groups excluding carboxylic acids is 2. The molecule has 4 rings (SSSR count). The molecule has 0 radical (unpaired) electrons. The summed E-state index contributed by atoms with van der Waals surface area (Å²) in [6.07, 6.45) is 6.15. The van der Waals surface area contributed by atoms with Crippen LogP contribution in [0.3, 0.4) is 0 Å². The number of fused-ring (bicyclic) bond motifs is 1. The summed E-state index contributed by atoms with van der Waals surface area (Å²) in [6, 6.07) is 17.2. The van der Waals surface area contributed by atoms with Crippen molar-refractivity contribution >= 4 is 22.8 Å². The number of carboxylic acid groups (broad SMARTS) is 1. The molecule has 6 nitrogen and oxygen atoms in total. The minimum atomic E-state index is -1.26. The molecule has 174 valence electrons. The van der Waals surface area contributed by atoms with E-state index in [1.165, 1.54) is 5.56 Å². The van der Waals surface area contributed by atoms with Crippen LogP contribution in [0.2, 0.25) is 0 Å². The molecule has 1 aromatic heterocycles. The minimum Gasteiger partial charge on any atom is -0.548 e. The van der Waals surface area contributed by atoms with E-state index in [2.05, 4.69) is 53.6 Å². The van der Waals surface area contributed by atoms with E-state index in [4.69, 9.17) is 0 Å². The Hall–Kier alpha value is -1.48. The first-order valence-corrected chi connectivity index (χ1v) is 11.7. The Morgan fingerprint density at radius 2 is 1.74 bits per heavy atom. The van der Waals surface area contributed by atoms with Crippen LogP contribution in [-0.4, -0.2) is 41.9 Å². The van der Waals surface area contributed by atoms with Crippen LogP contribution in [0.1, 0.15) is 43.2 Å². The fourth-order valence-corrected chi connectivity index (χ4v) is 5.33. The SMILES string of the molecule is CN(C)C1(c2ccccc2)CCC(CC(=O)NC(Cc2c[nH]c3ccccc23)C(=O)[O-])CC1.[K+]. The van der Waals surface area contributed by atoms with Crippen molar-refractivity contribution in [1.29, 1.82) is 0 Å². The smallest absolute Gasteiger partial charge is 0.548 e. The number of aromatic nitrogens is 1. The van der Waals surface area contributed by atoms with E-state index in [9.17, 15) is 14.7 Å². The molecule has 1 aliphatic carbocycles. The average Bonchev–Trinajstić information content (AvgIpc) is 3.22. The Morgan fingerprint density at radius 3 is 2.38 bits per heavy atom. The Kier molecular flexibility index (Phi) is 9.54. The van der Waals surface area contributed by atoms with E-state index in [1.807, 2.05) is 30.3 Å². The van der Waals surface area contributed by atoms with Crippen molar-refractivity contribution in [3.63, 3.8) is 0 Å². The van der Waals surface area contributed by atoms with Crippen LogP contribution in [0.5, 0.6) is 0 Å². The van der Waals surface area contributed by atoms with Gasteiger partial charge in [0.15, 0.2) is 0 Å². The van der Waals surface area contributed by atoms with Crippen LogP contribution in [0.25, 0.3) is 10.9 Å². The van der Waals surface area contributed by atoms with Crippen molar-refractivity contribution in [2.24, 2.45) is 5.92 Å². The molecule has 0 saturated heterocycles. The van der Waals surface area contributed by atoms with Crippen LogP contribution in [0.15, 0.2) is 60.8 Å². The summed E-state index contributed by atoms with van der Waals surface area (Å²) in [7, 11) is 4.24. The Balaban J connectivity index is 0.00000324. The Morgan fingerprint density at radius 1 is 1.09 bits per heavy atom. The molecule has 1 atom stereocenters. The zero-order chi connectivity index (χ0) is 23.4. The van der Waals surface area contributed by atoms with Crippen molar-refractivity contribution < 1.29 is 66.1 Å². The van der Waals surface area contributed by atoms with Gasteiger partial charge in [-0.25, -0.2) is 0 Å². The van der Waals surface area contributed by atoms with Gasteiger partial charge in [-0.1, -0.05) is 48.5 Å². The number of aliphatic carboxylic acids is 1. The van der Waals surface area contributed by atoms with Crippen LogP contribution >= 0.6 is 0 Å². The summed E-state index contributed by atoms with van der Waals surface area (Å²) in [6.45, 7) is 0. The van der Waals surface area contributed by atoms with E-state index < -0.39 is 12.0 Å². The second-order valence-electron chi connectivity index (χ2n) is 9.44. The molecule has 1 aliphatic rings. The van der Waals surface area contributed by atoms with Crippen LogP contribution < -0.4 is 61.8 Å². The Bertz CT molecular complexity index is 1100. The third-order valence-electron chi connectivity index (χ3n) is 7.29. The number of aromatic amines is 1. The zero-order valence-corrected chi connectivity index (χ0v) is 23.5. The van der Waals surface area contributed by atoms with E-state index in [1.54, 1.807) is 6.20 Å². The molecule has 0 bridgehead atoms. The first-order valence-electron chi connectivity index (χ1n) is 11.7. The van der Waals surface area contributed by atoms with E-state index in [-0.39, 0.29) is 75.2 Å². The molecule has 7 heteroatoms. The summed E-state index contributed by atoms with van der Waals surface area (Å²) in [5.41, 5.74) is 3.10. The fourth-order valence-electron chi connectivity index (χ4n) is 5.33. The fraction of sp³-hybridized carbons (Fsp3) is 0.407. The van der Waals surface area contributed by atoms with Gasteiger partial charge in [0.25, 0.3) is 0 Å². The molecular weight excluding hydrogens is 453 g/mol. The van der Waals surface area contributed by atoms with Gasteiger partial charge in [0.1, 0.15) is 0 Å². The molecule has 1 saturated carbocycles. The molecule has 1 unspecified atom stereocenters. The molecule has 0 aliphatic heterocycles. The largest absolute Gasteiger partial charge is 1.00 e. The second kappa shape index (κ2) is 12.0. The van der Waals surface area contributed by atoms with Gasteiger partial charge in [0, 0.05) is 35.5 Å². The van der Waals surface area contributed by atoms with E-state index in [0.29, 0.717) is 6.42 Å². The maximum Gasteiger partial charge on any atom is 1.00 e. The van der Waals surface area contributed by atoms with Crippen molar-refractivity contribution in [1.82, 2.24) is 15.2 Å². The normalized spacial score (nSPS) is 21.1. The van der Waals surface area contributed by atoms with E-state index in [0.717, 1.165) is 42.1 Å². The van der Waals surface area contributed by atoms with Crippen molar-refractivity contribution in [3.8, 4) is 0 Å². The molecule has 1 heterocycles. The molecule has 1 amide bonds. The number of nitrogens with zero attached hydrogens (tertiary/aromatic N) is 1. The van der Waals surface area contributed by atoms with Gasteiger partial charge in [-0.2, -0.15) is 0 Å². The van der Waals surface area contributed by atoms with Gasteiger partial charge in [-0.3, -0.25) is 9.69 Å². The number of nitrogens with one attached hydrogen (secondary N) is 2. The summed E-state index contributed by atoms with van der Waals surface area (Å²) in [5, 5.41) is 15.4. The molecule has 2 aromatic carbocycles. The van der Waals surface area contributed by atoms with Crippen molar-refractivity contribution in [2.75, 3.05) is 14.1 Å². The molecule has 3 aromatic rings. The zero-order valence-electron chi connectivity index (χ0n) is 20.3. The summed E-state index contributed by atoms with van der Waals surface area (Å²) >= 11 is 0. The summed E-state index contributed by atoms with van der Waals surface area (Å²) in [4.78, 5) is 30.0. The third-order valence-corrected chi connectivity index (χ3v) is 7.29. The summed E-state index contributed by atoms with van der Waals surface area (Å²) < 4.78 is 0. The minimum absolute atomic E-state index is 0. The monoisotopic (exact) mass is 485 g/mol. The van der Waals surface area contributed by atoms with Gasteiger partial charge >= 0.3 is 51.4 Å². The van der Waals surface area contributed by atoms with Crippen LogP contribution in [0.4, 0.5) is 0 Å². The quantitative estimate of drug-likeness (QED) is 0.439. The maximum absolute atomic E-state index is 12.8. The number of carboxylic acids is 1. The molecule has 34 heavy (non-hydrogen) atoms. The number of hydrogen-bond acceptors (Lipinski definition) is 4. The van der Waals surface area contributed by atoms with Gasteiger partial charge in [0.05, 0.1) is 12.0 Å². The summed E-state index contributed by atoms with van der Waals surface area (Å²) in [5.74, 6) is -1.23. The maximum atomic E-state index is 12.8. The van der Waals surface area contributed by atoms with E-state index >= 15 is 0 Å². The third kappa shape index (κ3) is 6.01. The van der Waals surface area contributed by atoms with Crippen LogP contribution in [-0.2, 0) is 21.5 Å². The van der Waals surface area contributed by atoms with Crippen molar-refractivity contribution in [3.05, 3.63) is 71.9 Å². The van der Waals surface area contributed by atoms with Gasteiger partial charge in [0.2, 0.25) is 5.91 Å². The van der Waals surface area contributed by atoms with Gasteiger partial charge in [-0.15, -0.1) is 0 Å². The number of amides is 1. The number of H-pyrrole nitrogens is 1. The predicted octanol–water partition coefficient (Wildman–Crippen LogP) is -0.0135. The second-order valence-corrected chi connectivity index (χ2v) is 9.44. The standard InChI is InChI=1S/C27H33N3O3.K/c1-30(2)27(21-8-4-3-5-9-21)14-12-19(13-15-27)16-25(31)29-24(26(32)33)17-20-18-28-23-11-7-6-10-22(20)23;/h3-11,18-19,24,28H,12-17H2,1-2H3,(H,29,31)(H,32,33);/q;+1/p-1. The predicted molar refractivity (Wildman–Crippen MR) is 127 cm³/mol. The first-order chi connectivity index (χ1) is 15.9. The number of hydrogen-bond donors (Lipinski definition) is 2. The van der Waals surface area contributed by atoms with Gasteiger partial charge < -0.3 is 20.2 Å². The first kappa shape index (κ1) is 27.1. The topological polar surface area (TPSA) is 88.3 Å². The molecule has 0 spiro atoms. The Labute approximate surface area is 243 Å². The molecule has 1 fully saturated rings. The number of rotatable bonds is 8. The molecule has 2 N–H and O–H groups in total. The van der Waals surface area contributed by atoms with Crippen molar-refractivity contribution in [2.45, 2.75) is 50.1 Å². The molecular formula is C27H32KN3O3. The van der Waals surface area contributed by atoms with Crippen LogP contribution in [0, 0.1) is 5.92 Å². The van der Waals surface area contributed by atoms with Gasteiger partial charge in [-0.05, 0) is 62.9 Å². The number of carbonyl (C=O) groups is 2.